The number of fused-ring (bicyclic) bond motifs is 1. The molecule has 0 spiro atoms. The molecule has 1 aromatic carbocycles. The van der Waals surface area contributed by atoms with E-state index in [9.17, 15) is 24.5 Å². The third-order valence-corrected chi connectivity index (χ3v) is 5.09. The third kappa shape index (κ3) is 4.44. The van der Waals surface area contributed by atoms with Gasteiger partial charge in [-0.05, 0) is 38.3 Å². The van der Waals surface area contributed by atoms with Crippen LogP contribution < -0.4 is 5.32 Å². The molecule has 1 saturated heterocycles. The number of nitrogens with one attached hydrogen (secondary N) is 1. The fourth-order valence-electron chi connectivity index (χ4n) is 3.77. The molecular weight excluding hydrogens is 378 g/mol. The van der Waals surface area contributed by atoms with Crippen LogP contribution in [0.15, 0.2) is 35.5 Å². The lowest BCUT2D eigenvalue weighted by Gasteiger charge is -2.18. The maximum atomic E-state index is 12.9. The molecule has 0 radical (unpaired) electrons. The van der Waals surface area contributed by atoms with Crippen molar-refractivity contribution in [3.05, 3.63) is 45.6 Å². The van der Waals surface area contributed by atoms with Gasteiger partial charge in [-0.25, -0.2) is 4.79 Å². The van der Waals surface area contributed by atoms with E-state index in [-0.39, 0.29) is 30.2 Å². The van der Waals surface area contributed by atoms with E-state index in [0.29, 0.717) is 24.4 Å². The van der Waals surface area contributed by atoms with Gasteiger partial charge in [0.15, 0.2) is 0 Å². The topological polar surface area (TPSA) is 119 Å². The number of nitrogens with zero attached hydrogens (tertiary/aromatic N) is 2. The van der Waals surface area contributed by atoms with Gasteiger partial charge in [-0.1, -0.05) is 6.42 Å². The van der Waals surface area contributed by atoms with Crippen LogP contribution in [0.3, 0.4) is 0 Å². The van der Waals surface area contributed by atoms with Crippen LogP contribution in [0, 0.1) is 16.0 Å². The Morgan fingerprint density at radius 3 is 2.62 bits per heavy atom. The number of allylic oxidation sites excluding steroid dienone is 1. The molecule has 9 nitrogen and oxygen atoms in total. The number of rotatable bonds is 6. The first kappa shape index (κ1) is 20.5. The lowest BCUT2D eigenvalue weighted by molar-refractivity contribution is -0.384. The van der Waals surface area contributed by atoms with Gasteiger partial charge in [-0.2, -0.15) is 0 Å². The lowest BCUT2D eigenvalue weighted by atomic mass is 9.94. The molecule has 2 aliphatic heterocycles. The molecule has 1 aromatic rings. The van der Waals surface area contributed by atoms with Crippen LogP contribution in [0.5, 0.6) is 0 Å². The molecule has 1 atom stereocenters. The summed E-state index contributed by atoms with van der Waals surface area (Å²) in [6.45, 7) is 2.42. The van der Waals surface area contributed by atoms with E-state index in [1.54, 1.807) is 11.8 Å². The number of hydrogen-bond acceptors (Lipinski definition) is 6. The van der Waals surface area contributed by atoms with Gasteiger partial charge in [0.05, 0.1) is 23.0 Å². The van der Waals surface area contributed by atoms with E-state index in [0.717, 1.165) is 19.3 Å². The summed E-state index contributed by atoms with van der Waals surface area (Å²) in [5.41, 5.74) is 1.26. The van der Waals surface area contributed by atoms with Crippen LogP contribution in [0.1, 0.15) is 39.0 Å². The SMILES string of the molecule is CCOC(=O)C1=C2CCCCCN2C(=O)C1CC(=O)Nc1ccc([N+](=O)[O-])cc1. The highest BCUT2D eigenvalue weighted by molar-refractivity contribution is 6.05. The van der Waals surface area contributed by atoms with E-state index >= 15 is 0 Å². The van der Waals surface area contributed by atoms with Gasteiger partial charge < -0.3 is 15.0 Å². The van der Waals surface area contributed by atoms with Crippen molar-refractivity contribution in [2.45, 2.75) is 39.0 Å². The first-order valence-corrected chi connectivity index (χ1v) is 9.68. The number of amides is 2. The fraction of sp³-hybridized carbons (Fsp3) is 0.450. The smallest absolute Gasteiger partial charge is 0.336 e. The minimum atomic E-state index is -0.875. The van der Waals surface area contributed by atoms with Gasteiger partial charge in [0.2, 0.25) is 11.8 Å². The number of non-ortho nitro benzene ring substituents is 1. The van der Waals surface area contributed by atoms with Gasteiger partial charge in [-0.15, -0.1) is 0 Å². The number of anilines is 1. The average molecular weight is 401 g/mol. The zero-order valence-electron chi connectivity index (χ0n) is 16.2. The number of nitro benzene ring substituents is 1. The maximum Gasteiger partial charge on any atom is 0.336 e. The Balaban J connectivity index is 1.78. The summed E-state index contributed by atoms with van der Waals surface area (Å²) in [5.74, 6) is -2.12. The molecule has 3 rings (SSSR count). The minimum absolute atomic E-state index is 0.0868. The number of nitro groups is 1. The molecule has 2 amide bonds. The molecule has 154 valence electrons. The number of carbonyl (C=O) groups excluding carboxylic acids is 3. The Bertz CT molecular complexity index is 861. The second-order valence-corrected chi connectivity index (χ2v) is 6.99. The van der Waals surface area contributed by atoms with Crippen LogP contribution >= 0.6 is 0 Å². The van der Waals surface area contributed by atoms with Crippen LogP contribution in [0.2, 0.25) is 0 Å². The summed E-state index contributed by atoms with van der Waals surface area (Å²) < 4.78 is 5.16. The monoisotopic (exact) mass is 401 g/mol. The van der Waals surface area contributed by atoms with E-state index in [2.05, 4.69) is 5.32 Å². The van der Waals surface area contributed by atoms with Crippen molar-refractivity contribution in [3.8, 4) is 0 Å². The van der Waals surface area contributed by atoms with Crippen LogP contribution in [-0.2, 0) is 19.1 Å². The van der Waals surface area contributed by atoms with Crippen molar-refractivity contribution >= 4 is 29.2 Å². The van der Waals surface area contributed by atoms with Gasteiger partial charge in [-0.3, -0.25) is 19.7 Å². The number of carbonyl (C=O) groups is 3. The van der Waals surface area contributed by atoms with Crippen LogP contribution in [-0.4, -0.2) is 40.8 Å². The van der Waals surface area contributed by atoms with Gasteiger partial charge in [0, 0.05) is 36.5 Å². The lowest BCUT2D eigenvalue weighted by Crippen LogP contribution is -2.31. The summed E-state index contributed by atoms with van der Waals surface area (Å²) >= 11 is 0. The molecule has 1 N–H and O–H groups in total. The Hall–Kier alpha value is -3.23. The summed E-state index contributed by atoms with van der Waals surface area (Å²) in [5, 5.41) is 13.4. The zero-order chi connectivity index (χ0) is 21.0. The molecule has 0 aliphatic carbocycles. The van der Waals surface area contributed by atoms with Crippen molar-refractivity contribution in [2.24, 2.45) is 5.92 Å². The highest BCUT2D eigenvalue weighted by Crippen LogP contribution is 2.37. The summed E-state index contributed by atoms with van der Waals surface area (Å²) in [4.78, 5) is 49.9. The largest absolute Gasteiger partial charge is 0.463 e. The number of ether oxygens (including phenoxy) is 1. The van der Waals surface area contributed by atoms with Crippen LogP contribution in [0.25, 0.3) is 0 Å². The van der Waals surface area contributed by atoms with Crippen molar-refractivity contribution < 1.29 is 24.0 Å². The molecule has 29 heavy (non-hydrogen) atoms. The number of esters is 1. The third-order valence-electron chi connectivity index (χ3n) is 5.09. The molecule has 1 fully saturated rings. The molecule has 0 saturated carbocycles. The molecule has 0 aromatic heterocycles. The molecule has 0 bridgehead atoms. The quantitative estimate of drug-likeness (QED) is 0.445. The molecule has 1 unspecified atom stereocenters. The van der Waals surface area contributed by atoms with Crippen molar-refractivity contribution in [1.82, 2.24) is 4.90 Å². The van der Waals surface area contributed by atoms with Crippen LogP contribution in [0.4, 0.5) is 11.4 Å². The predicted octanol–water partition coefficient (Wildman–Crippen LogP) is 2.77. The Morgan fingerprint density at radius 1 is 1.24 bits per heavy atom. The minimum Gasteiger partial charge on any atom is -0.463 e. The Labute approximate surface area is 167 Å². The second kappa shape index (κ2) is 8.85. The number of benzene rings is 1. The summed E-state index contributed by atoms with van der Waals surface area (Å²) in [6.07, 6.45) is 3.13. The first-order chi connectivity index (χ1) is 13.9. The van der Waals surface area contributed by atoms with Gasteiger partial charge in [0.1, 0.15) is 0 Å². The van der Waals surface area contributed by atoms with E-state index in [1.165, 1.54) is 24.3 Å². The zero-order valence-corrected chi connectivity index (χ0v) is 16.2. The molecule has 9 heteroatoms. The van der Waals surface area contributed by atoms with Crippen molar-refractivity contribution in [1.29, 1.82) is 0 Å². The highest BCUT2D eigenvalue weighted by Gasteiger charge is 2.44. The summed E-state index contributed by atoms with van der Waals surface area (Å²) in [6, 6.07) is 5.41. The van der Waals surface area contributed by atoms with E-state index in [4.69, 9.17) is 4.74 Å². The van der Waals surface area contributed by atoms with Gasteiger partial charge in [0.25, 0.3) is 5.69 Å². The standard InChI is InChI=1S/C20H23N3O6/c1-2-29-20(26)18-15(19(25)22-11-5-3-4-6-16(18)22)12-17(24)21-13-7-9-14(10-8-13)23(27)28/h7-10,15H,2-6,11-12H2,1H3,(H,21,24). The second-order valence-electron chi connectivity index (χ2n) is 6.99. The molecule has 2 heterocycles. The molecular formula is C20H23N3O6. The van der Waals surface area contributed by atoms with E-state index < -0.39 is 22.7 Å². The van der Waals surface area contributed by atoms with Gasteiger partial charge >= 0.3 is 5.97 Å². The first-order valence-electron chi connectivity index (χ1n) is 9.68. The predicted molar refractivity (Wildman–Crippen MR) is 104 cm³/mol. The highest BCUT2D eigenvalue weighted by atomic mass is 16.6. The Morgan fingerprint density at radius 2 is 1.97 bits per heavy atom. The maximum absolute atomic E-state index is 12.9. The normalized spacial score (nSPS) is 18.9. The number of hydrogen-bond donors (Lipinski definition) is 1. The van der Waals surface area contributed by atoms with E-state index in [1.807, 2.05) is 0 Å². The Kier molecular flexibility index (Phi) is 6.26. The summed E-state index contributed by atoms with van der Waals surface area (Å²) in [7, 11) is 0. The average Bonchev–Trinajstić information content (AvgIpc) is 2.84. The van der Waals surface area contributed by atoms with Crippen molar-refractivity contribution in [3.63, 3.8) is 0 Å². The molecule has 2 aliphatic rings. The fourth-order valence-corrected chi connectivity index (χ4v) is 3.77. The van der Waals surface area contributed by atoms with Crippen molar-refractivity contribution in [2.75, 3.05) is 18.5 Å².